The fourth-order valence-electron chi connectivity index (χ4n) is 1.28. The summed E-state index contributed by atoms with van der Waals surface area (Å²) in [6.07, 6.45) is 0.157. The molecule has 0 saturated heterocycles. The Balaban J connectivity index is 2.81. The Bertz CT molecular complexity index is 467. The van der Waals surface area contributed by atoms with E-state index in [-0.39, 0.29) is 17.9 Å². The summed E-state index contributed by atoms with van der Waals surface area (Å²) in [5, 5.41) is 11.5. The van der Waals surface area contributed by atoms with Gasteiger partial charge in [-0.3, -0.25) is 9.79 Å². The van der Waals surface area contributed by atoms with Crippen LogP contribution in [0.3, 0.4) is 0 Å². The van der Waals surface area contributed by atoms with Gasteiger partial charge in [0.1, 0.15) is 0 Å². The highest BCUT2D eigenvalue weighted by atomic mass is 16.4. The minimum atomic E-state index is -1.07. The van der Waals surface area contributed by atoms with Gasteiger partial charge in [-0.05, 0) is 19.1 Å². The lowest BCUT2D eigenvalue weighted by Gasteiger charge is -2.07. The molecule has 17 heavy (non-hydrogen) atoms. The number of nitrogens with one attached hydrogen (secondary N) is 1. The zero-order chi connectivity index (χ0) is 12.8. The van der Waals surface area contributed by atoms with Gasteiger partial charge in [0.2, 0.25) is 5.91 Å². The first kappa shape index (κ1) is 12.9. The van der Waals surface area contributed by atoms with Crippen LogP contribution in [0.1, 0.15) is 23.7 Å². The summed E-state index contributed by atoms with van der Waals surface area (Å²) in [5.41, 5.74) is 1.07. The van der Waals surface area contributed by atoms with E-state index < -0.39 is 5.97 Å². The number of amides is 1. The number of carbonyl (C=O) groups is 2. The van der Waals surface area contributed by atoms with Gasteiger partial charge in [-0.1, -0.05) is 12.1 Å². The van der Waals surface area contributed by atoms with E-state index in [1.165, 1.54) is 6.07 Å². The van der Waals surface area contributed by atoms with Crippen LogP contribution in [0, 0.1) is 0 Å². The Morgan fingerprint density at radius 1 is 1.35 bits per heavy atom. The Kier molecular flexibility index (Phi) is 4.39. The fourth-order valence-corrected chi connectivity index (χ4v) is 1.28. The number of hydrogen-bond acceptors (Lipinski definition) is 3. The second-order valence-electron chi connectivity index (χ2n) is 3.53. The first-order valence-corrected chi connectivity index (χ1v) is 5.09. The van der Waals surface area contributed by atoms with E-state index in [0.29, 0.717) is 11.4 Å². The normalized spacial score (nSPS) is 11.1. The van der Waals surface area contributed by atoms with Crippen LogP contribution < -0.4 is 5.32 Å². The van der Waals surface area contributed by atoms with Crippen molar-refractivity contribution in [1.82, 2.24) is 0 Å². The molecule has 5 nitrogen and oxygen atoms in total. The molecule has 0 aliphatic carbocycles. The van der Waals surface area contributed by atoms with Gasteiger partial charge in [-0.25, -0.2) is 4.79 Å². The summed E-state index contributed by atoms with van der Waals surface area (Å²) >= 11 is 0. The van der Waals surface area contributed by atoms with Gasteiger partial charge in [0.25, 0.3) is 0 Å². The maximum atomic E-state index is 11.6. The number of rotatable bonds is 4. The molecule has 0 saturated carbocycles. The lowest BCUT2D eigenvalue weighted by Crippen LogP contribution is -2.17. The zero-order valence-electron chi connectivity index (χ0n) is 9.73. The first-order chi connectivity index (χ1) is 8.04. The third kappa shape index (κ3) is 3.71. The molecule has 0 aliphatic rings. The van der Waals surface area contributed by atoms with Gasteiger partial charge in [0.05, 0.1) is 17.7 Å². The summed E-state index contributed by atoms with van der Waals surface area (Å²) in [5.74, 6) is -1.34. The van der Waals surface area contributed by atoms with Crippen molar-refractivity contribution >= 4 is 23.3 Å². The van der Waals surface area contributed by atoms with Crippen LogP contribution >= 0.6 is 0 Å². The maximum absolute atomic E-state index is 11.6. The second-order valence-corrected chi connectivity index (χ2v) is 3.53. The maximum Gasteiger partial charge on any atom is 0.337 e. The van der Waals surface area contributed by atoms with Gasteiger partial charge in [-0.15, -0.1) is 0 Å². The van der Waals surface area contributed by atoms with Crippen LogP contribution in [-0.4, -0.2) is 29.7 Å². The number of nitrogens with zero attached hydrogens (tertiary/aromatic N) is 1. The van der Waals surface area contributed by atoms with Crippen molar-refractivity contribution in [3.05, 3.63) is 29.8 Å². The Morgan fingerprint density at radius 3 is 2.59 bits per heavy atom. The van der Waals surface area contributed by atoms with Crippen molar-refractivity contribution in [2.45, 2.75) is 13.3 Å². The highest BCUT2D eigenvalue weighted by Gasteiger charge is 2.11. The average molecular weight is 234 g/mol. The van der Waals surface area contributed by atoms with E-state index in [1.807, 2.05) is 0 Å². The van der Waals surface area contributed by atoms with Gasteiger partial charge in [0, 0.05) is 12.8 Å². The number of carbonyl (C=O) groups excluding carboxylic acids is 1. The molecule has 1 aromatic rings. The van der Waals surface area contributed by atoms with Crippen molar-refractivity contribution in [2.75, 3.05) is 12.4 Å². The molecular formula is C12H14N2O3. The molecule has 1 aromatic carbocycles. The number of hydrogen-bond donors (Lipinski definition) is 2. The van der Waals surface area contributed by atoms with Crippen LogP contribution in [0.5, 0.6) is 0 Å². The van der Waals surface area contributed by atoms with E-state index in [2.05, 4.69) is 10.3 Å². The molecule has 5 heteroatoms. The Hall–Kier alpha value is -2.17. The molecule has 0 unspecified atom stereocenters. The quantitative estimate of drug-likeness (QED) is 0.780. The predicted molar refractivity (Wildman–Crippen MR) is 65.7 cm³/mol. The molecule has 0 aliphatic heterocycles. The molecule has 1 rings (SSSR count). The summed E-state index contributed by atoms with van der Waals surface area (Å²) in [7, 11) is 1.60. The minimum absolute atomic E-state index is 0.0759. The third-order valence-corrected chi connectivity index (χ3v) is 2.23. The number of anilines is 1. The molecule has 0 radical (unpaired) electrons. The molecule has 0 bridgehead atoms. The predicted octanol–water partition coefficient (Wildman–Crippen LogP) is 1.80. The molecule has 2 N–H and O–H groups in total. The monoisotopic (exact) mass is 234 g/mol. The number of aromatic carboxylic acids is 1. The van der Waals surface area contributed by atoms with Crippen LogP contribution in [0.15, 0.2) is 29.3 Å². The van der Waals surface area contributed by atoms with Gasteiger partial charge >= 0.3 is 5.97 Å². The minimum Gasteiger partial charge on any atom is -0.478 e. The highest BCUT2D eigenvalue weighted by Crippen LogP contribution is 2.15. The van der Waals surface area contributed by atoms with E-state index in [0.717, 1.165) is 0 Å². The summed E-state index contributed by atoms with van der Waals surface area (Å²) in [6, 6.07) is 6.28. The second kappa shape index (κ2) is 5.79. The van der Waals surface area contributed by atoms with Crippen LogP contribution in [0.4, 0.5) is 5.69 Å². The smallest absolute Gasteiger partial charge is 0.337 e. The highest BCUT2D eigenvalue weighted by molar-refractivity contribution is 6.07. The van der Waals surface area contributed by atoms with Crippen LogP contribution in [-0.2, 0) is 4.79 Å². The standard InChI is InChI=1S/C12H14N2O3/c1-8(13-2)7-11(15)14-10-6-4-3-5-9(10)12(16)17/h3-6H,7H2,1-2H3,(H,14,15)(H,16,17). The topological polar surface area (TPSA) is 78.8 Å². The third-order valence-electron chi connectivity index (χ3n) is 2.23. The lowest BCUT2D eigenvalue weighted by atomic mass is 10.1. The summed E-state index contributed by atoms with van der Waals surface area (Å²) in [4.78, 5) is 26.3. The largest absolute Gasteiger partial charge is 0.478 e. The number of aliphatic imine (C=N–C) groups is 1. The molecule has 0 heterocycles. The first-order valence-electron chi connectivity index (χ1n) is 5.09. The molecule has 1 amide bonds. The summed E-state index contributed by atoms with van der Waals surface area (Å²) < 4.78 is 0. The van der Waals surface area contributed by atoms with E-state index in [1.54, 1.807) is 32.2 Å². The molecule has 0 fully saturated rings. The van der Waals surface area contributed by atoms with Gasteiger partial charge in [-0.2, -0.15) is 0 Å². The molecule has 0 atom stereocenters. The summed E-state index contributed by atoms with van der Waals surface area (Å²) in [6.45, 7) is 1.74. The van der Waals surface area contributed by atoms with Crippen LogP contribution in [0.2, 0.25) is 0 Å². The fraction of sp³-hybridized carbons (Fsp3) is 0.250. The number of carboxylic acid groups (broad SMARTS) is 1. The number of para-hydroxylation sites is 1. The zero-order valence-corrected chi connectivity index (χ0v) is 9.73. The van der Waals surface area contributed by atoms with E-state index in [4.69, 9.17) is 5.11 Å². The molecule has 90 valence electrons. The Morgan fingerprint density at radius 2 is 2.00 bits per heavy atom. The van der Waals surface area contributed by atoms with Crippen molar-refractivity contribution in [2.24, 2.45) is 4.99 Å². The molecular weight excluding hydrogens is 220 g/mol. The average Bonchev–Trinajstić information content (AvgIpc) is 2.29. The van der Waals surface area contributed by atoms with Crippen molar-refractivity contribution in [1.29, 1.82) is 0 Å². The Labute approximate surface area is 99.2 Å². The van der Waals surface area contributed by atoms with Crippen LogP contribution in [0.25, 0.3) is 0 Å². The molecule has 0 spiro atoms. The van der Waals surface area contributed by atoms with Gasteiger partial charge < -0.3 is 10.4 Å². The van der Waals surface area contributed by atoms with E-state index in [9.17, 15) is 9.59 Å². The molecule has 0 aromatic heterocycles. The van der Waals surface area contributed by atoms with E-state index >= 15 is 0 Å². The van der Waals surface area contributed by atoms with Crippen molar-refractivity contribution in [3.63, 3.8) is 0 Å². The number of benzene rings is 1. The van der Waals surface area contributed by atoms with Crippen molar-refractivity contribution in [3.8, 4) is 0 Å². The van der Waals surface area contributed by atoms with Gasteiger partial charge in [0.15, 0.2) is 0 Å². The van der Waals surface area contributed by atoms with Crippen molar-refractivity contribution < 1.29 is 14.7 Å². The lowest BCUT2D eigenvalue weighted by molar-refractivity contribution is -0.115. The SMILES string of the molecule is CN=C(C)CC(=O)Nc1ccccc1C(=O)O. The number of carboxylic acids is 1.